The Bertz CT molecular complexity index is 559. The monoisotopic (exact) mass is 310 g/mol. The number of alkyl halides is 2. The van der Waals surface area contributed by atoms with Gasteiger partial charge < -0.3 is 0 Å². The Morgan fingerprint density at radius 3 is 2.20 bits per heavy atom. The van der Waals surface area contributed by atoms with E-state index in [-0.39, 0.29) is 11.2 Å². The Labute approximate surface area is 129 Å². The van der Waals surface area contributed by atoms with Gasteiger partial charge in [-0.2, -0.15) is 0 Å². The summed E-state index contributed by atoms with van der Waals surface area (Å²) in [5, 5.41) is 0. The second kappa shape index (κ2) is 6.60. The Hall–Kier alpha value is -1.05. The van der Waals surface area contributed by atoms with E-state index in [2.05, 4.69) is 25.1 Å². The average molecular weight is 311 g/mol. The zero-order valence-electron chi connectivity index (χ0n) is 11.4. The van der Waals surface area contributed by atoms with Crippen molar-refractivity contribution < 1.29 is 4.39 Å². The zero-order valence-corrected chi connectivity index (χ0v) is 12.9. The van der Waals surface area contributed by atoms with Gasteiger partial charge in [-0.05, 0) is 36.6 Å². The van der Waals surface area contributed by atoms with Crippen LogP contribution in [0.15, 0.2) is 48.5 Å². The molecule has 0 aliphatic rings. The van der Waals surface area contributed by atoms with E-state index in [9.17, 15) is 4.39 Å². The summed E-state index contributed by atoms with van der Waals surface area (Å²) in [6.07, 6.45) is 0.743. The molecule has 0 saturated heterocycles. The lowest BCUT2D eigenvalue weighted by atomic mass is 9.78. The molecule has 0 nitrogen and oxygen atoms in total. The van der Waals surface area contributed by atoms with Crippen LogP contribution in [0.4, 0.5) is 4.39 Å². The minimum absolute atomic E-state index is 0.248. The van der Waals surface area contributed by atoms with Gasteiger partial charge in [0.25, 0.3) is 0 Å². The summed E-state index contributed by atoms with van der Waals surface area (Å²) < 4.78 is 13.1. The highest BCUT2D eigenvalue weighted by Gasteiger charge is 2.31. The van der Waals surface area contributed by atoms with Crippen LogP contribution < -0.4 is 0 Å². The maximum atomic E-state index is 13.1. The minimum Gasteiger partial charge on any atom is -0.207 e. The summed E-state index contributed by atoms with van der Waals surface area (Å²) >= 11 is 12.4. The van der Waals surface area contributed by atoms with Crippen LogP contribution in [0.5, 0.6) is 0 Å². The first-order valence-corrected chi connectivity index (χ1v) is 7.60. The molecule has 0 aliphatic heterocycles. The third kappa shape index (κ3) is 3.34. The number of benzene rings is 2. The van der Waals surface area contributed by atoms with E-state index in [1.807, 2.05) is 6.07 Å². The van der Waals surface area contributed by atoms with Crippen LogP contribution in [0.2, 0.25) is 0 Å². The standard InChI is InChI=1S/C17H17Cl2F/c1-13-3-2-4-14(9-13)10-17(11-18,12-19)15-5-7-16(20)8-6-15/h2-9H,10-12H2,1H3. The third-order valence-electron chi connectivity index (χ3n) is 3.59. The Kier molecular flexibility index (Phi) is 5.06. The lowest BCUT2D eigenvalue weighted by Crippen LogP contribution is -2.33. The maximum absolute atomic E-state index is 13.1. The van der Waals surface area contributed by atoms with Crippen molar-refractivity contribution >= 4 is 23.2 Å². The van der Waals surface area contributed by atoms with E-state index in [1.54, 1.807) is 12.1 Å². The number of hydrogen-bond donors (Lipinski definition) is 0. The van der Waals surface area contributed by atoms with Gasteiger partial charge in [0.2, 0.25) is 0 Å². The fraction of sp³-hybridized carbons (Fsp3) is 0.294. The first-order chi connectivity index (χ1) is 9.59. The van der Waals surface area contributed by atoms with Crippen LogP contribution in [-0.2, 0) is 11.8 Å². The van der Waals surface area contributed by atoms with Crippen molar-refractivity contribution in [1.29, 1.82) is 0 Å². The molecule has 0 saturated carbocycles. The summed E-state index contributed by atoms with van der Waals surface area (Å²) in [5.41, 5.74) is 3.01. The first kappa shape index (κ1) is 15.3. The molecule has 2 aromatic carbocycles. The van der Waals surface area contributed by atoms with E-state index in [4.69, 9.17) is 23.2 Å². The van der Waals surface area contributed by atoms with Crippen molar-refractivity contribution in [3.05, 3.63) is 71.0 Å². The molecule has 0 spiro atoms. The van der Waals surface area contributed by atoms with Gasteiger partial charge in [0, 0.05) is 17.2 Å². The van der Waals surface area contributed by atoms with Crippen molar-refractivity contribution in [3.8, 4) is 0 Å². The van der Waals surface area contributed by atoms with Gasteiger partial charge in [-0.15, -0.1) is 23.2 Å². The van der Waals surface area contributed by atoms with Crippen LogP contribution in [0.25, 0.3) is 0 Å². The van der Waals surface area contributed by atoms with Gasteiger partial charge in [0.1, 0.15) is 5.82 Å². The Balaban J connectivity index is 2.36. The molecule has 0 amide bonds. The third-order valence-corrected chi connectivity index (χ3v) is 4.62. The molecule has 0 fully saturated rings. The highest BCUT2D eigenvalue weighted by atomic mass is 35.5. The first-order valence-electron chi connectivity index (χ1n) is 6.53. The summed E-state index contributed by atoms with van der Waals surface area (Å²) in [6.45, 7) is 2.06. The van der Waals surface area contributed by atoms with Crippen LogP contribution in [0.1, 0.15) is 16.7 Å². The van der Waals surface area contributed by atoms with Crippen molar-refractivity contribution in [1.82, 2.24) is 0 Å². The van der Waals surface area contributed by atoms with Crippen LogP contribution in [-0.4, -0.2) is 11.8 Å². The van der Waals surface area contributed by atoms with Crippen LogP contribution >= 0.6 is 23.2 Å². The van der Waals surface area contributed by atoms with E-state index >= 15 is 0 Å². The highest BCUT2D eigenvalue weighted by molar-refractivity contribution is 6.22. The van der Waals surface area contributed by atoms with E-state index in [0.717, 1.165) is 12.0 Å². The molecule has 0 aliphatic carbocycles. The average Bonchev–Trinajstić information content (AvgIpc) is 2.46. The van der Waals surface area contributed by atoms with Gasteiger partial charge in [0.05, 0.1) is 0 Å². The fourth-order valence-corrected chi connectivity index (χ4v) is 3.19. The number of hydrogen-bond acceptors (Lipinski definition) is 0. The zero-order chi connectivity index (χ0) is 14.6. The molecule has 0 radical (unpaired) electrons. The number of halogens is 3. The summed E-state index contributed by atoms with van der Waals surface area (Å²) in [4.78, 5) is 0. The Morgan fingerprint density at radius 2 is 1.65 bits per heavy atom. The maximum Gasteiger partial charge on any atom is 0.123 e. The molecule has 2 rings (SSSR count). The van der Waals surface area contributed by atoms with E-state index in [0.29, 0.717) is 11.8 Å². The number of rotatable bonds is 5. The Morgan fingerprint density at radius 1 is 1.00 bits per heavy atom. The lowest BCUT2D eigenvalue weighted by Gasteiger charge is -2.30. The summed E-state index contributed by atoms with van der Waals surface area (Å²) in [7, 11) is 0. The predicted molar refractivity (Wildman–Crippen MR) is 84.4 cm³/mol. The molecule has 2 aromatic rings. The van der Waals surface area contributed by atoms with Gasteiger partial charge in [-0.3, -0.25) is 0 Å². The normalized spacial score (nSPS) is 11.6. The molecular formula is C17H17Cl2F. The van der Waals surface area contributed by atoms with Crippen LogP contribution in [0.3, 0.4) is 0 Å². The topological polar surface area (TPSA) is 0 Å². The van der Waals surface area contributed by atoms with Gasteiger partial charge in [0.15, 0.2) is 0 Å². The molecule has 0 bridgehead atoms. The molecule has 0 atom stereocenters. The summed E-state index contributed by atoms with van der Waals surface area (Å²) in [6, 6.07) is 14.8. The van der Waals surface area contributed by atoms with Gasteiger partial charge >= 0.3 is 0 Å². The molecule has 0 aromatic heterocycles. The SMILES string of the molecule is Cc1cccc(CC(CCl)(CCl)c2ccc(F)cc2)c1. The molecular weight excluding hydrogens is 294 g/mol. The predicted octanol–water partition coefficient (Wildman–Crippen LogP) is 5.09. The number of aryl methyl sites for hydroxylation is 1. The molecule has 20 heavy (non-hydrogen) atoms. The molecule has 3 heteroatoms. The van der Waals surface area contributed by atoms with Crippen molar-refractivity contribution in [2.45, 2.75) is 18.8 Å². The second-order valence-electron chi connectivity index (χ2n) is 5.22. The van der Waals surface area contributed by atoms with E-state index < -0.39 is 0 Å². The molecule has 106 valence electrons. The molecule has 0 N–H and O–H groups in total. The minimum atomic E-state index is -0.370. The lowest BCUT2D eigenvalue weighted by molar-refractivity contribution is 0.533. The highest BCUT2D eigenvalue weighted by Crippen LogP contribution is 2.32. The molecule has 0 heterocycles. The summed E-state index contributed by atoms with van der Waals surface area (Å²) in [5.74, 6) is 0.550. The smallest absolute Gasteiger partial charge is 0.123 e. The van der Waals surface area contributed by atoms with Crippen molar-refractivity contribution in [3.63, 3.8) is 0 Å². The van der Waals surface area contributed by atoms with Crippen molar-refractivity contribution in [2.24, 2.45) is 0 Å². The van der Waals surface area contributed by atoms with E-state index in [1.165, 1.54) is 23.3 Å². The van der Waals surface area contributed by atoms with Gasteiger partial charge in [-0.1, -0.05) is 42.0 Å². The van der Waals surface area contributed by atoms with Crippen LogP contribution in [0, 0.1) is 12.7 Å². The fourth-order valence-electron chi connectivity index (χ4n) is 2.40. The quantitative estimate of drug-likeness (QED) is 0.675. The second-order valence-corrected chi connectivity index (χ2v) is 5.75. The molecule has 0 unspecified atom stereocenters. The van der Waals surface area contributed by atoms with Gasteiger partial charge in [-0.25, -0.2) is 4.39 Å². The largest absolute Gasteiger partial charge is 0.207 e. The van der Waals surface area contributed by atoms with Crippen molar-refractivity contribution in [2.75, 3.05) is 11.8 Å².